The SMILES string of the molecule is CCOC(=O)/C(C)=C/C(C(C)CC)N(C)C(=O)C(NC(=O)C1CCCCN1C)C(C)(C)C. The Kier molecular flexibility index (Phi) is 10.9. The Morgan fingerprint density at radius 3 is 2.34 bits per heavy atom. The number of ether oxygens (including phenoxy) is 1. The van der Waals surface area contributed by atoms with Crippen molar-refractivity contribution in [3.63, 3.8) is 0 Å². The maximum absolute atomic E-state index is 13.7. The maximum atomic E-state index is 13.7. The summed E-state index contributed by atoms with van der Waals surface area (Å²) in [5, 5.41) is 3.06. The Balaban J connectivity index is 3.16. The third-order valence-electron chi connectivity index (χ3n) is 6.51. The summed E-state index contributed by atoms with van der Waals surface area (Å²) in [5.41, 5.74) is 0.0192. The minimum Gasteiger partial charge on any atom is -0.463 e. The monoisotopic (exact) mass is 451 g/mol. The molecule has 1 N–H and O–H groups in total. The van der Waals surface area contributed by atoms with Crippen LogP contribution in [0.2, 0.25) is 0 Å². The van der Waals surface area contributed by atoms with Crippen LogP contribution < -0.4 is 5.32 Å². The number of carbonyl (C=O) groups is 3. The van der Waals surface area contributed by atoms with Crippen molar-refractivity contribution in [3.05, 3.63) is 11.6 Å². The van der Waals surface area contributed by atoms with Gasteiger partial charge in [0.05, 0.1) is 18.7 Å². The van der Waals surface area contributed by atoms with E-state index in [1.165, 1.54) is 0 Å². The van der Waals surface area contributed by atoms with E-state index >= 15 is 0 Å². The molecule has 7 nitrogen and oxygen atoms in total. The molecule has 0 aromatic carbocycles. The van der Waals surface area contributed by atoms with Gasteiger partial charge in [0, 0.05) is 12.6 Å². The third kappa shape index (κ3) is 7.61. The highest BCUT2D eigenvalue weighted by Crippen LogP contribution is 2.25. The number of hydrogen-bond donors (Lipinski definition) is 1. The lowest BCUT2D eigenvalue weighted by molar-refractivity contribution is -0.142. The molecule has 0 saturated carbocycles. The largest absolute Gasteiger partial charge is 0.463 e. The zero-order valence-corrected chi connectivity index (χ0v) is 21.7. The van der Waals surface area contributed by atoms with Crippen LogP contribution >= 0.6 is 0 Å². The second kappa shape index (κ2) is 12.4. The summed E-state index contributed by atoms with van der Waals surface area (Å²) in [6.07, 6.45) is 5.58. The number of likely N-dealkylation sites (N-methyl/N-ethyl adjacent to an activating group) is 2. The van der Waals surface area contributed by atoms with Crippen LogP contribution in [0.5, 0.6) is 0 Å². The Hall–Kier alpha value is -1.89. The van der Waals surface area contributed by atoms with E-state index in [4.69, 9.17) is 4.74 Å². The average molecular weight is 452 g/mol. The lowest BCUT2D eigenvalue weighted by Gasteiger charge is -2.39. The molecule has 0 bridgehead atoms. The van der Waals surface area contributed by atoms with E-state index in [0.29, 0.717) is 12.2 Å². The topological polar surface area (TPSA) is 79.0 Å². The summed E-state index contributed by atoms with van der Waals surface area (Å²) in [6.45, 7) is 14.7. The fourth-order valence-electron chi connectivity index (χ4n) is 4.11. The van der Waals surface area contributed by atoms with Crippen molar-refractivity contribution in [2.24, 2.45) is 11.3 Å². The highest BCUT2D eigenvalue weighted by Gasteiger charge is 2.39. The van der Waals surface area contributed by atoms with Gasteiger partial charge in [-0.05, 0) is 51.6 Å². The van der Waals surface area contributed by atoms with Gasteiger partial charge in [0.1, 0.15) is 6.04 Å². The number of amides is 2. The van der Waals surface area contributed by atoms with Crippen LogP contribution in [0.15, 0.2) is 11.6 Å². The number of nitrogens with one attached hydrogen (secondary N) is 1. The quantitative estimate of drug-likeness (QED) is 0.429. The van der Waals surface area contributed by atoms with Crippen LogP contribution in [0.4, 0.5) is 0 Å². The van der Waals surface area contributed by atoms with E-state index in [1.54, 1.807) is 25.8 Å². The summed E-state index contributed by atoms with van der Waals surface area (Å²) in [4.78, 5) is 42.7. The first-order valence-electron chi connectivity index (χ1n) is 12.0. The minimum atomic E-state index is -0.668. The summed E-state index contributed by atoms with van der Waals surface area (Å²) in [5.74, 6) is -0.480. The molecule has 0 spiro atoms. The van der Waals surface area contributed by atoms with Crippen molar-refractivity contribution in [2.75, 3.05) is 27.2 Å². The highest BCUT2D eigenvalue weighted by atomic mass is 16.5. The van der Waals surface area contributed by atoms with Gasteiger partial charge in [0.2, 0.25) is 11.8 Å². The van der Waals surface area contributed by atoms with Gasteiger partial charge in [-0.2, -0.15) is 0 Å². The second-order valence-electron chi connectivity index (χ2n) is 10.2. The van der Waals surface area contributed by atoms with Gasteiger partial charge in [0.25, 0.3) is 0 Å². The molecule has 2 amide bonds. The Morgan fingerprint density at radius 2 is 1.84 bits per heavy atom. The van der Waals surface area contributed by atoms with Crippen molar-refractivity contribution >= 4 is 17.8 Å². The zero-order chi connectivity index (χ0) is 24.6. The van der Waals surface area contributed by atoms with Crippen LogP contribution in [0.1, 0.15) is 74.1 Å². The molecule has 0 aromatic heterocycles. The van der Waals surface area contributed by atoms with Crippen molar-refractivity contribution in [1.82, 2.24) is 15.1 Å². The standard InChI is InChI=1S/C25H45N3O4/c1-10-17(3)20(16-18(4)24(31)32-11-2)28(9)23(30)21(25(5,6)7)26-22(29)19-14-12-13-15-27(19)8/h16-17,19-21H,10-15H2,1-9H3,(H,26,29)/b18-16+. The Bertz CT molecular complexity index is 683. The molecular weight excluding hydrogens is 406 g/mol. The molecule has 1 aliphatic heterocycles. The van der Waals surface area contributed by atoms with Gasteiger partial charge in [-0.25, -0.2) is 4.79 Å². The molecule has 32 heavy (non-hydrogen) atoms. The van der Waals surface area contributed by atoms with Crippen LogP contribution in [0.25, 0.3) is 0 Å². The lowest BCUT2D eigenvalue weighted by Crippen LogP contribution is -2.59. The van der Waals surface area contributed by atoms with Crippen LogP contribution in [-0.4, -0.2) is 73.0 Å². The van der Waals surface area contributed by atoms with E-state index in [9.17, 15) is 14.4 Å². The first-order valence-corrected chi connectivity index (χ1v) is 12.0. The minimum absolute atomic E-state index is 0.0905. The Labute approximate surface area is 194 Å². The maximum Gasteiger partial charge on any atom is 0.333 e. The fourth-order valence-corrected chi connectivity index (χ4v) is 4.11. The number of nitrogens with zero attached hydrogens (tertiary/aromatic N) is 2. The predicted octanol–water partition coefficient (Wildman–Crippen LogP) is 3.38. The van der Waals surface area contributed by atoms with Crippen molar-refractivity contribution in [3.8, 4) is 0 Å². The molecule has 4 unspecified atom stereocenters. The van der Waals surface area contributed by atoms with E-state index in [0.717, 1.165) is 32.2 Å². The average Bonchev–Trinajstić information content (AvgIpc) is 2.73. The van der Waals surface area contributed by atoms with Gasteiger partial charge in [-0.1, -0.05) is 53.5 Å². The molecule has 1 saturated heterocycles. The number of likely N-dealkylation sites (tertiary alicyclic amines) is 1. The molecular formula is C25H45N3O4. The molecule has 7 heteroatoms. The second-order valence-corrected chi connectivity index (χ2v) is 10.2. The molecule has 0 radical (unpaired) electrons. The zero-order valence-electron chi connectivity index (χ0n) is 21.7. The molecule has 1 aliphatic rings. The summed E-state index contributed by atoms with van der Waals surface area (Å²) >= 11 is 0. The van der Waals surface area contributed by atoms with Crippen molar-refractivity contribution < 1.29 is 19.1 Å². The molecule has 0 aromatic rings. The number of carbonyl (C=O) groups excluding carboxylic acids is 3. The number of hydrogen-bond acceptors (Lipinski definition) is 5. The molecule has 1 fully saturated rings. The third-order valence-corrected chi connectivity index (χ3v) is 6.51. The van der Waals surface area contributed by atoms with Gasteiger partial charge >= 0.3 is 5.97 Å². The number of rotatable bonds is 9. The molecule has 1 rings (SSSR count). The molecule has 1 heterocycles. The normalized spacial score (nSPS) is 20.8. The Morgan fingerprint density at radius 1 is 1.22 bits per heavy atom. The van der Waals surface area contributed by atoms with Gasteiger partial charge in [0.15, 0.2) is 0 Å². The van der Waals surface area contributed by atoms with Gasteiger partial charge in [-0.15, -0.1) is 0 Å². The summed E-state index contributed by atoms with van der Waals surface area (Å²) in [6, 6.07) is -1.16. The van der Waals surface area contributed by atoms with E-state index in [1.807, 2.05) is 33.9 Å². The lowest BCUT2D eigenvalue weighted by atomic mass is 9.84. The number of piperidine rings is 1. The first-order chi connectivity index (χ1) is 14.8. The van der Waals surface area contributed by atoms with E-state index in [2.05, 4.69) is 24.1 Å². The van der Waals surface area contributed by atoms with Gasteiger partial charge in [-0.3, -0.25) is 14.5 Å². The van der Waals surface area contributed by atoms with Crippen molar-refractivity contribution in [2.45, 2.75) is 92.3 Å². The van der Waals surface area contributed by atoms with Crippen LogP contribution in [-0.2, 0) is 19.1 Å². The molecule has 184 valence electrons. The van der Waals surface area contributed by atoms with Gasteiger partial charge < -0.3 is 15.0 Å². The molecule has 4 atom stereocenters. The van der Waals surface area contributed by atoms with Crippen LogP contribution in [0.3, 0.4) is 0 Å². The van der Waals surface area contributed by atoms with Crippen molar-refractivity contribution in [1.29, 1.82) is 0 Å². The highest BCUT2D eigenvalue weighted by molar-refractivity contribution is 5.91. The van der Waals surface area contributed by atoms with Crippen LogP contribution in [0, 0.1) is 11.3 Å². The first kappa shape index (κ1) is 28.1. The fraction of sp³-hybridized carbons (Fsp3) is 0.800. The smallest absolute Gasteiger partial charge is 0.333 e. The molecule has 0 aliphatic carbocycles. The summed E-state index contributed by atoms with van der Waals surface area (Å²) < 4.78 is 5.12. The van der Waals surface area contributed by atoms with E-state index in [-0.39, 0.29) is 35.8 Å². The van der Waals surface area contributed by atoms with E-state index < -0.39 is 11.5 Å². The predicted molar refractivity (Wildman–Crippen MR) is 128 cm³/mol. The number of esters is 1. The summed E-state index contributed by atoms with van der Waals surface area (Å²) in [7, 11) is 3.72.